The smallest absolute Gasteiger partial charge is 0.196 e. The molecule has 0 aliphatic heterocycles. The monoisotopic (exact) mass is 290 g/mol. The molecule has 0 atom stereocenters. The van der Waals surface area contributed by atoms with Gasteiger partial charge in [0.05, 0.1) is 19.1 Å². The van der Waals surface area contributed by atoms with E-state index < -0.39 is 5.79 Å². The normalized spacial score (nSPS) is 16.9. The number of Topliss-reactive ketones (excluding diaryl/α,β-unsaturated/α-hetero) is 1. The summed E-state index contributed by atoms with van der Waals surface area (Å²) in [5.74, 6) is -0.774. The molecule has 5 nitrogen and oxygen atoms in total. The third-order valence-corrected chi connectivity index (χ3v) is 3.50. The molecule has 5 heteroatoms. The van der Waals surface area contributed by atoms with E-state index in [0.717, 1.165) is 0 Å². The fourth-order valence-corrected chi connectivity index (χ4v) is 2.18. The van der Waals surface area contributed by atoms with Crippen molar-refractivity contribution < 1.29 is 24.1 Å². The van der Waals surface area contributed by atoms with Gasteiger partial charge in [-0.25, -0.2) is 0 Å². The van der Waals surface area contributed by atoms with Gasteiger partial charge in [0, 0.05) is 19.8 Å². The van der Waals surface area contributed by atoms with Crippen LogP contribution in [-0.2, 0) is 9.47 Å². The number of hydrogen-bond acceptors (Lipinski definition) is 5. The maximum absolute atomic E-state index is 12.5. The molecule has 0 amide bonds. The van der Waals surface area contributed by atoms with Gasteiger partial charge in [0.25, 0.3) is 0 Å². The average Bonchev–Trinajstić information content (AvgIpc) is 2.54. The Kier molecular flexibility index (Phi) is 4.45. The molecule has 112 valence electrons. The topological polar surface area (TPSA) is 65.0 Å². The Morgan fingerprint density at radius 2 is 1.95 bits per heavy atom. The first-order valence-electron chi connectivity index (χ1n) is 6.45. The summed E-state index contributed by atoms with van der Waals surface area (Å²) in [6.45, 7) is 0. The van der Waals surface area contributed by atoms with E-state index in [1.54, 1.807) is 30.3 Å². The third kappa shape index (κ3) is 2.99. The highest BCUT2D eigenvalue weighted by atomic mass is 16.7. The quantitative estimate of drug-likeness (QED) is 0.667. The van der Waals surface area contributed by atoms with Gasteiger partial charge in [-0.1, -0.05) is 12.1 Å². The van der Waals surface area contributed by atoms with Crippen LogP contribution in [0.3, 0.4) is 0 Å². The van der Waals surface area contributed by atoms with Crippen LogP contribution in [0.15, 0.2) is 47.7 Å². The van der Waals surface area contributed by atoms with E-state index in [1.165, 1.54) is 27.4 Å². The molecule has 0 bridgehead atoms. The first-order chi connectivity index (χ1) is 10.0. The fourth-order valence-electron chi connectivity index (χ4n) is 2.18. The first kappa shape index (κ1) is 15.3. The lowest BCUT2D eigenvalue weighted by Gasteiger charge is -2.30. The second-order valence-electron chi connectivity index (χ2n) is 4.65. The number of hydrogen-bond donors (Lipinski definition) is 1. The molecule has 0 saturated heterocycles. The van der Waals surface area contributed by atoms with Crippen LogP contribution in [0.25, 0.3) is 0 Å². The summed E-state index contributed by atoms with van der Waals surface area (Å²) in [4.78, 5) is 12.5. The van der Waals surface area contributed by atoms with E-state index >= 15 is 0 Å². The van der Waals surface area contributed by atoms with Crippen molar-refractivity contribution in [3.63, 3.8) is 0 Å². The summed E-state index contributed by atoms with van der Waals surface area (Å²) in [5, 5.41) is 10.1. The Labute approximate surface area is 123 Å². The second kappa shape index (κ2) is 6.11. The molecule has 0 heterocycles. The molecule has 1 aromatic carbocycles. The fraction of sp³-hybridized carbons (Fsp3) is 0.312. The molecule has 1 aromatic rings. The summed E-state index contributed by atoms with van der Waals surface area (Å²) in [7, 11) is 4.50. The van der Waals surface area contributed by atoms with Crippen molar-refractivity contribution in [2.75, 3.05) is 21.3 Å². The van der Waals surface area contributed by atoms with Crippen LogP contribution in [0.2, 0.25) is 0 Å². The number of allylic oxidation sites excluding steroid dienone is 2. The number of rotatable bonds is 5. The highest BCUT2D eigenvalue weighted by Gasteiger charge is 2.33. The molecule has 0 spiro atoms. The Bertz CT molecular complexity index is 596. The lowest BCUT2D eigenvalue weighted by atomic mass is 9.94. The van der Waals surface area contributed by atoms with Gasteiger partial charge in [0.1, 0.15) is 11.5 Å². The maximum Gasteiger partial charge on any atom is 0.196 e. The van der Waals surface area contributed by atoms with Crippen molar-refractivity contribution in [1.29, 1.82) is 0 Å². The van der Waals surface area contributed by atoms with Gasteiger partial charge < -0.3 is 19.3 Å². The molecule has 0 radical (unpaired) electrons. The summed E-state index contributed by atoms with van der Waals surface area (Å²) in [5.41, 5.74) is 0.677. The number of carbonyl (C=O) groups excluding carboxylic acids is 1. The van der Waals surface area contributed by atoms with E-state index in [9.17, 15) is 9.90 Å². The van der Waals surface area contributed by atoms with Gasteiger partial charge in [-0.2, -0.15) is 0 Å². The van der Waals surface area contributed by atoms with Gasteiger partial charge >= 0.3 is 0 Å². The number of carbonyl (C=O) groups is 1. The lowest BCUT2D eigenvalue weighted by Crippen LogP contribution is -2.34. The zero-order valence-corrected chi connectivity index (χ0v) is 12.3. The summed E-state index contributed by atoms with van der Waals surface area (Å²) in [6.07, 6.45) is 3.23. The van der Waals surface area contributed by atoms with E-state index in [-0.39, 0.29) is 23.5 Å². The van der Waals surface area contributed by atoms with Crippen LogP contribution in [0.1, 0.15) is 16.8 Å². The van der Waals surface area contributed by atoms with E-state index in [0.29, 0.717) is 11.3 Å². The van der Waals surface area contributed by atoms with Gasteiger partial charge in [-0.3, -0.25) is 4.79 Å². The van der Waals surface area contributed by atoms with Crippen molar-refractivity contribution in [1.82, 2.24) is 0 Å². The number of benzene rings is 1. The number of aliphatic hydroxyl groups excluding tert-OH is 1. The standard InChI is InChI=1S/C16H18O5/c1-19-12-6-4-5-11(9-12)15(18)13-7-8-16(20-2,21-3)10-14(13)17/h4-9,17H,10H2,1-3H3. The Balaban J connectivity index is 2.30. The van der Waals surface area contributed by atoms with Crippen LogP contribution >= 0.6 is 0 Å². The molecule has 0 fully saturated rings. The van der Waals surface area contributed by atoms with Crippen LogP contribution in [0.5, 0.6) is 5.75 Å². The minimum absolute atomic E-state index is 0.0611. The predicted octanol–water partition coefficient (Wildman–Crippen LogP) is 2.64. The Morgan fingerprint density at radius 3 is 2.52 bits per heavy atom. The number of aliphatic hydroxyl groups is 1. The van der Waals surface area contributed by atoms with E-state index in [1.807, 2.05) is 0 Å². The zero-order valence-electron chi connectivity index (χ0n) is 12.3. The summed E-state index contributed by atoms with van der Waals surface area (Å²) in [6, 6.07) is 6.78. The van der Waals surface area contributed by atoms with Crippen LogP contribution in [0.4, 0.5) is 0 Å². The van der Waals surface area contributed by atoms with Crippen molar-refractivity contribution in [2.45, 2.75) is 12.2 Å². The van der Waals surface area contributed by atoms with Crippen molar-refractivity contribution >= 4 is 5.78 Å². The van der Waals surface area contributed by atoms with Crippen molar-refractivity contribution in [3.8, 4) is 5.75 Å². The third-order valence-electron chi connectivity index (χ3n) is 3.50. The summed E-state index contributed by atoms with van der Waals surface area (Å²) < 4.78 is 15.6. The number of methoxy groups -OCH3 is 3. The predicted molar refractivity (Wildman–Crippen MR) is 77.5 cm³/mol. The second-order valence-corrected chi connectivity index (χ2v) is 4.65. The van der Waals surface area contributed by atoms with E-state index in [4.69, 9.17) is 14.2 Å². The molecular weight excluding hydrogens is 272 g/mol. The number of ether oxygens (including phenoxy) is 3. The minimum Gasteiger partial charge on any atom is -0.511 e. The molecule has 1 N–H and O–H groups in total. The lowest BCUT2D eigenvalue weighted by molar-refractivity contribution is -0.173. The molecule has 0 saturated carbocycles. The van der Waals surface area contributed by atoms with Gasteiger partial charge in [-0.15, -0.1) is 0 Å². The van der Waals surface area contributed by atoms with Crippen LogP contribution < -0.4 is 4.74 Å². The molecule has 0 unspecified atom stereocenters. The molecule has 1 aliphatic rings. The SMILES string of the molecule is COc1cccc(C(=O)C2=C(O)CC(OC)(OC)C=C2)c1. The first-order valence-corrected chi connectivity index (χ1v) is 6.45. The molecule has 21 heavy (non-hydrogen) atoms. The Hall–Kier alpha value is -2.11. The average molecular weight is 290 g/mol. The van der Waals surface area contributed by atoms with Crippen LogP contribution in [-0.4, -0.2) is 38.0 Å². The highest BCUT2D eigenvalue weighted by molar-refractivity contribution is 6.11. The Morgan fingerprint density at radius 1 is 1.24 bits per heavy atom. The van der Waals surface area contributed by atoms with Crippen molar-refractivity contribution in [3.05, 3.63) is 53.3 Å². The largest absolute Gasteiger partial charge is 0.511 e. The van der Waals surface area contributed by atoms with Crippen LogP contribution in [0, 0.1) is 0 Å². The maximum atomic E-state index is 12.5. The highest BCUT2D eigenvalue weighted by Crippen LogP contribution is 2.30. The number of ketones is 1. The van der Waals surface area contributed by atoms with Gasteiger partial charge in [0.15, 0.2) is 11.6 Å². The molecule has 0 aromatic heterocycles. The molecule has 1 aliphatic carbocycles. The van der Waals surface area contributed by atoms with E-state index in [2.05, 4.69) is 0 Å². The summed E-state index contributed by atoms with van der Waals surface area (Å²) >= 11 is 0. The van der Waals surface area contributed by atoms with Crippen molar-refractivity contribution in [2.24, 2.45) is 0 Å². The zero-order chi connectivity index (χ0) is 15.5. The van der Waals surface area contributed by atoms with Gasteiger partial charge in [-0.05, 0) is 24.3 Å². The minimum atomic E-state index is -1.03. The van der Waals surface area contributed by atoms with Gasteiger partial charge in [0.2, 0.25) is 0 Å². The molecule has 2 rings (SSSR count). The molecular formula is C16H18O5.